The zero-order chi connectivity index (χ0) is 15.7. The van der Waals surface area contributed by atoms with Gasteiger partial charge < -0.3 is 9.64 Å². The van der Waals surface area contributed by atoms with E-state index >= 15 is 0 Å². The van der Waals surface area contributed by atoms with Gasteiger partial charge in [-0.15, -0.1) is 0 Å². The fraction of sp³-hybridized carbons (Fsp3) is 0.588. The molecule has 1 aliphatic carbocycles. The third-order valence-corrected chi connectivity index (χ3v) is 4.81. The van der Waals surface area contributed by atoms with Crippen molar-refractivity contribution >= 4 is 0 Å². The van der Waals surface area contributed by atoms with Gasteiger partial charge in [-0.25, -0.2) is 4.39 Å². The van der Waals surface area contributed by atoms with Crippen LogP contribution in [0.4, 0.5) is 4.39 Å². The van der Waals surface area contributed by atoms with E-state index in [-0.39, 0.29) is 11.7 Å². The highest BCUT2D eigenvalue weighted by Gasteiger charge is 2.34. The Morgan fingerprint density at radius 2 is 2.14 bits per heavy atom. The molecule has 3 aliphatic rings. The molecule has 0 aromatic heterocycles. The van der Waals surface area contributed by atoms with Gasteiger partial charge in [0.1, 0.15) is 5.83 Å². The summed E-state index contributed by atoms with van der Waals surface area (Å²) >= 11 is 0. The molecule has 0 spiro atoms. The van der Waals surface area contributed by atoms with Crippen LogP contribution in [0.1, 0.15) is 13.3 Å². The molecule has 0 bridgehead atoms. The molecule has 0 aromatic carbocycles. The minimum atomic E-state index is -0.426. The van der Waals surface area contributed by atoms with Gasteiger partial charge in [0, 0.05) is 38.6 Å². The van der Waals surface area contributed by atoms with Crippen molar-refractivity contribution in [1.82, 2.24) is 9.80 Å². The maximum atomic E-state index is 13.8. The second-order valence-corrected chi connectivity index (χ2v) is 6.42. The summed E-state index contributed by atoms with van der Waals surface area (Å²) in [7, 11) is 2.14. The van der Waals surface area contributed by atoms with Gasteiger partial charge in [-0.1, -0.05) is 11.6 Å². The monoisotopic (exact) mass is 303 g/mol. The van der Waals surface area contributed by atoms with E-state index in [0.29, 0.717) is 19.1 Å². The molecule has 2 fully saturated rings. The number of hydrogen-bond donors (Lipinski definition) is 0. The van der Waals surface area contributed by atoms with Crippen molar-refractivity contribution in [2.75, 3.05) is 39.8 Å². The molecule has 3 rings (SSSR count). The Balaban J connectivity index is 1.76. The lowest BCUT2D eigenvalue weighted by molar-refractivity contribution is -0.0709. The minimum absolute atomic E-state index is 0.0262. The summed E-state index contributed by atoms with van der Waals surface area (Å²) in [5.41, 5.74) is 2.26. The van der Waals surface area contributed by atoms with E-state index in [1.807, 2.05) is 13.0 Å². The highest BCUT2D eigenvalue weighted by molar-refractivity contribution is 5.44. The van der Waals surface area contributed by atoms with Gasteiger partial charge in [0.15, 0.2) is 0 Å². The van der Waals surface area contributed by atoms with Crippen LogP contribution in [0.3, 0.4) is 0 Å². The maximum Gasteiger partial charge on any atom is 0.137 e. The van der Waals surface area contributed by atoms with Crippen molar-refractivity contribution in [1.29, 1.82) is 5.26 Å². The number of piperazine rings is 1. The lowest BCUT2D eigenvalue weighted by Crippen LogP contribution is -2.59. The van der Waals surface area contributed by atoms with Gasteiger partial charge in [0.25, 0.3) is 0 Å². The Kier molecular flexibility index (Phi) is 4.44. The Bertz CT molecular complexity index is 587. The Morgan fingerprint density at radius 1 is 1.32 bits per heavy atom. The third kappa shape index (κ3) is 3.00. The predicted molar refractivity (Wildman–Crippen MR) is 82.8 cm³/mol. The molecule has 0 amide bonds. The Morgan fingerprint density at radius 3 is 2.91 bits per heavy atom. The number of rotatable bonds is 1. The summed E-state index contributed by atoms with van der Waals surface area (Å²) in [6.45, 7) is 6.68. The van der Waals surface area contributed by atoms with Crippen molar-refractivity contribution in [2.24, 2.45) is 0 Å². The number of nitrogens with zero attached hydrogens (tertiary/aromatic N) is 3. The van der Waals surface area contributed by atoms with Gasteiger partial charge in [0.2, 0.25) is 0 Å². The summed E-state index contributed by atoms with van der Waals surface area (Å²) in [5, 5.41) is 9.03. The summed E-state index contributed by atoms with van der Waals surface area (Å²) in [5.74, 6) is -0.426. The maximum absolute atomic E-state index is 13.8. The number of ether oxygens (including phenoxy) is 1. The zero-order valence-electron chi connectivity index (χ0n) is 13.2. The fourth-order valence-corrected chi connectivity index (χ4v) is 3.46. The van der Waals surface area contributed by atoms with Crippen LogP contribution in [0.15, 0.2) is 34.7 Å². The molecule has 2 atom stereocenters. The number of halogens is 1. The lowest BCUT2D eigenvalue weighted by atomic mass is 9.97. The summed E-state index contributed by atoms with van der Waals surface area (Å²) < 4.78 is 19.9. The van der Waals surface area contributed by atoms with E-state index in [0.717, 1.165) is 37.3 Å². The number of likely N-dealkylation sites (N-methyl/N-ethyl adjacent to an activating group) is 1. The van der Waals surface area contributed by atoms with Crippen molar-refractivity contribution in [3.63, 3.8) is 0 Å². The Labute approximate surface area is 131 Å². The van der Waals surface area contributed by atoms with Crippen LogP contribution in [0.2, 0.25) is 0 Å². The second kappa shape index (κ2) is 6.33. The number of nitriles is 1. The fourth-order valence-electron chi connectivity index (χ4n) is 3.46. The topological polar surface area (TPSA) is 39.5 Å². The zero-order valence-corrected chi connectivity index (χ0v) is 13.2. The highest BCUT2D eigenvalue weighted by atomic mass is 19.1. The smallest absolute Gasteiger partial charge is 0.137 e. The number of morpholine rings is 1. The van der Waals surface area contributed by atoms with Crippen LogP contribution in [0.5, 0.6) is 0 Å². The molecular formula is C17H22FN3O. The first-order chi connectivity index (χ1) is 10.6. The van der Waals surface area contributed by atoms with Gasteiger partial charge in [0.05, 0.1) is 24.4 Å². The first-order valence-corrected chi connectivity index (χ1v) is 7.79. The molecule has 4 nitrogen and oxygen atoms in total. The largest absolute Gasteiger partial charge is 0.371 e. The minimum Gasteiger partial charge on any atom is -0.371 e. The van der Waals surface area contributed by atoms with E-state index < -0.39 is 5.83 Å². The Hall–Kier alpha value is -1.48. The van der Waals surface area contributed by atoms with Gasteiger partial charge in [-0.2, -0.15) is 5.26 Å². The van der Waals surface area contributed by atoms with Crippen LogP contribution in [0, 0.1) is 11.3 Å². The van der Waals surface area contributed by atoms with E-state index in [4.69, 9.17) is 10.00 Å². The average molecular weight is 303 g/mol. The van der Waals surface area contributed by atoms with Gasteiger partial charge >= 0.3 is 0 Å². The molecule has 0 aromatic rings. The standard InChI is InChI=1S/C17H22FN3O/c1-12-7-13(8-19)16(18)4-3-15(12)17-10-21-6-5-20(2)9-14(21)11-22-17/h3-4,14,17H,5-7,9-11H2,1-2H3. The average Bonchev–Trinajstić information content (AvgIpc) is 2.66. The molecular weight excluding hydrogens is 281 g/mol. The predicted octanol–water partition coefficient (Wildman–Crippen LogP) is 2.02. The summed E-state index contributed by atoms with van der Waals surface area (Å²) in [6.07, 6.45) is 3.54. The van der Waals surface area contributed by atoms with Gasteiger partial charge in [-0.3, -0.25) is 4.90 Å². The molecule has 2 unspecified atom stereocenters. The van der Waals surface area contributed by atoms with Crippen LogP contribution in [-0.4, -0.2) is 61.8 Å². The van der Waals surface area contributed by atoms with Crippen LogP contribution < -0.4 is 0 Å². The van der Waals surface area contributed by atoms with Crippen LogP contribution in [0.25, 0.3) is 0 Å². The van der Waals surface area contributed by atoms with Crippen molar-refractivity contribution in [3.05, 3.63) is 34.7 Å². The van der Waals surface area contributed by atoms with E-state index in [1.165, 1.54) is 6.08 Å². The number of hydrogen-bond acceptors (Lipinski definition) is 4. The molecule has 0 saturated carbocycles. The molecule has 22 heavy (non-hydrogen) atoms. The quantitative estimate of drug-likeness (QED) is 0.743. The van der Waals surface area contributed by atoms with Crippen LogP contribution in [-0.2, 0) is 4.74 Å². The van der Waals surface area contributed by atoms with Crippen LogP contribution >= 0.6 is 0 Å². The summed E-state index contributed by atoms with van der Waals surface area (Å²) in [4.78, 5) is 4.81. The molecule has 2 heterocycles. The molecule has 2 aliphatic heterocycles. The van der Waals surface area contributed by atoms with Crippen molar-refractivity contribution < 1.29 is 9.13 Å². The van der Waals surface area contributed by atoms with E-state index in [1.54, 1.807) is 6.08 Å². The van der Waals surface area contributed by atoms with E-state index in [2.05, 4.69) is 16.8 Å². The highest BCUT2D eigenvalue weighted by Crippen LogP contribution is 2.29. The first kappa shape index (κ1) is 15.4. The number of fused-ring (bicyclic) bond motifs is 1. The first-order valence-electron chi connectivity index (χ1n) is 7.79. The van der Waals surface area contributed by atoms with E-state index in [9.17, 15) is 4.39 Å². The molecule has 0 N–H and O–H groups in total. The second-order valence-electron chi connectivity index (χ2n) is 6.42. The van der Waals surface area contributed by atoms with Crippen molar-refractivity contribution in [3.8, 4) is 6.07 Å². The SMILES string of the molecule is CC1=C(C2CN3CCN(C)CC3CO2)C=CC(F)=C(C#N)C1. The normalized spacial score (nSPS) is 31.0. The molecule has 5 heteroatoms. The van der Waals surface area contributed by atoms with Gasteiger partial charge in [-0.05, 0) is 25.6 Å². The molecule has 0 radical (unpaired) electrons. The van der Waals surface area contributed by atoms with Crippen molar-refractivity contribution in [2.45, 2.75) is 25.5 Å². The number of allylic oxidation sites excluding steroid dienone is 4. The summed E-state index contributed by atoms with van der Waals surface area (Å²) in [6, 6.07) is 2.41. The molecule has 118 valence electrons. The third-order valence-electron chi connectivity index (χ3n) is 4.81. The molecule has 2 saturated heterocycles. The lowest BCUT2D eigenvalue weighted by Gasteiger charge is -2.45.